The lowest BCUT2D eigenvalue weighted by atomic mass is 10.1. The summed E-state index contributed by atoms with van der Waals surface area (Å²) in [4.78, 5) is 0. The molecule has 0 amide bonds. The Morgan fingerprint density at radius 3 is 1.88 bits per heavy atom. The van der Waals surface area contributed by atoms with E-state index in [1.165, 1.54) is 0 Å². The summed E-state index contributed by atoms with van der Waals surface area (Å²) in [6.07, 6.45) is 2.53. The van der Waals surface area contributed by atoms with Crippen LogP contribution in [0.3, 0.4) is 0 Å². The standard InChI is InChI=1S/C13H30O2Si/c1-7-11-14-16(9-3,10-4)15-13(8-2)12(5)6/h12-13H,7-11H2,1-6H3. The molecular formula is C13H30O2Si. The number of hydrogen-bond donors (Lipinski definition) is 0. The molecule has 0 saturated heterocycles. The zero-order valence-corrected chi connectivity index (χ0v) is 13.0. The van der Waals surface area contributed by atoms with E-state index in [2.05, 4.69) is 41.5 Å². The maximum absolute atomic E-state index is 6.37. The fourth-order valence-electron chi connectivity index (χ4n) is 1.91. The van der Waals surface area contributed by atoms with Gasteiger partial charge in [-0.25, -0.2) is 0 Å². The first-order valence-electron chi connectivity index (χ1n) is 6.86. The molecule has 0 aliphatic carbocycles. The molecule has 0 aromatic rings. The summed E-state index contributed by atoms with van der Waals surface area (Å²) < 4.78 is 12.4. The van der Waals surface area contributed by atoms with Crippen LogP contribution in [0.25, 0.3) is 0 Å². The quantitative estimate of drug-likeness (QED) is 0.563. The normalized spacial score (nSPS) is 14.4. The van der Waals surface area contributed by atoms with Gasteiger partial charge >= 0.3 is 8.56 Å². The molecule has 0 rings (SSSR count). The Labute approximate surface area is 103 Å². The highest BCUT2D eigenvalue weighted by molar-refractivity contribution is 6.67. The Morgan fingerprint density at radius 1 is 1.00 bits per heavy atom. The van der Waals surface area contributed by atoms with Gasteiger partial charge in [-0.2, -0.15) is 0 Å². The molecule has 16 heavy (non-hydrogen) atoms. The SMILES string of the molecule is CCCO[Si](CC)(CC)OC(CC)C(C)C. The van der Waals surface area contributed by atoms with Gasteiger partial charge in [0.05, 0.1) is 0 Å². The van der Waals surface area contributed by atoms with Crippen LogP contribution in [-0.2, 0) is 8.85 Å². The van der Waals surface area contributed by atoms with Crippen LogP contribution >= 0.6 is 0 Å². The van der Waals surface area contributed by atoms with Gasteiger partial charge < -0.3 is 8.85 Å². The average molecular weight is 246 g/mol. The van der Waals surface area contributed by atoms with Gasteiger partial charge in [0.1, 0.15) is 0 Å². The molecule has 0 aliphatic rings. The first-order chi connectivity index (χ1) is 7.55. The van der Waals surface area contributed by atoms with Crippen molar-refractivity contribution < 1.29 is 8.85 Å². The first-order valence-corrected chi connectivity index (χ1v) is 9.10. The molecule has 3 heteroatoms. The molecular weight excluding hydrogens is 216 g/mol. The van der Waals surface area contributed by atoms with Crippen LogP contribution < -0.4 is 0 Å². The Morgan fingerprint density at radius 2 is 1.56 bits per heavy atom. The van der Waals surface area contributed by atoms with Gasteiger partial charge in [-0.15, -0.1) is 0 Å². The Bertz CT molecular complexity index is 167. The minimum absolute atomic E-state index is 0.364. The van der Waals surface area contributed by atoms with Crippen LogP contribution in [0.1, 0.15) is 54.4 Å². The third-order valence-electron chi connectivity index (χ3n) is 3.16. The van der Waals surface area contributed by atoms with E-state index < -0.39 is 8.56 Å². The largest absolute Gasteiger partial charge is 0.394 e. The summed E-state index contributed by atoms with van der Waals surface area (Å²) in [7, 11) is -1.91. The molecule has 0 fully saturated rings. The second-order valence-corrected chi connectivity index (χ2v) is 8.53. The van der Waals surface area contributed by atoms with Crippen molar-refractivity contribution in [2.75, 3.05) is 6.61 Å². The van der Waals surface area contributed by atoms with Crippen molar-refractivity contribution in [3.63, 3.8) is 0 Å². The second kappa shape index (κ2) is 8.26. The van der Waals surface area contributed by atoms with Gasteiger partial charge in [0.25, 0.3) is 0 Å². The predicted octanol–water partition coefficient (Wildman–Crippen LogP) is 4.35. The van der Waals surface area contributed by atoms with E-state index in [1.807, 2.05) is 0 Å². The third kappa shape index (κ3) is 4.98. The van der Waals surface area contributed by atoms with E-state index in [0.29, 0.717) is 12.0 Å². The minimum Gasteiger partial charge on any atom is -0.394 e. The molecule has 1 atom stereocenters. The van der Waals surface area contributed by atoms with Crippen molar-refractivity contribution in [3.05, 3.63) is 0 Å². The Kier molecular flexibility index (Phi) is 8.33. The molecule has 98 valence electrons. The van der Waals surface area contributed by atoms with E-state index in [9.17, 15) is 0 Å². The van der Waals surface area contributed by atoms with E-state index in [-0.39, 0.29) is 0 Å². The monoisotopic (exact) mass is 246 g/mol. The summed E-state index contributed by atoms with van der Waals surface area (Å²) in [5.74, 6) is 0.584. The molecule has 0 N–H and O–H groups in total. The van der Waals surface area contributed by atoms with Crippen LogP contribution in [0.15, 0.2) is 0 Å². The fourth-order valence-corrected chi connectivity index (χ4v) is 4.79. The smallest absolute Gasteiger partial charge is 0.337 e. The summed E-state index contributed by atoms with van der Waals surface area (Å²) in [6, 6.07) is 2.12. The molecule has 0 bridgehead atoms. The average Bonchev–Trinajstić information content (AvgIpc) is 2.30. The lowest BCUT2D eigenvalue weighted by molar-refractivity contribution is 0.0798. The van der Waals surface area contributed by atoms with E-state index in [1.54, 1.807) is 0 Å². The molecule has 0 aliphatic heterocycles. The summed E-state index contributed by atoms with van der Waals surface area (Å²) in [6.45, 7) is 14.1. The van der Waals surface area contributed by atoms with Crippen molar-refractivity contribution in [2.24, 2.45) is 5.92 Å². The molecule has 0 aromatic carbocycles. The topological polar surface area (TPSA) is 18.5 Å². The first kappa shape index (κ1) is 16.1. The van der Waals surface area contributed by atoms with E-state index in [4.69, 9.17) is 8.85 Å². The van der Waals surface area contributed by atoms with Crippen molar-refractivity contribution >= 4 is 8.56 Å². The fraction of sp³-hybridized carbons (Fsp3) is 1.00. The highest BCUT2D eigenvalue weighted by Crippen LogP contribution is 2.24. The van der Waals surface area contributed by atoms with Crippen molar-refractivity contribution in [1.29, 1.82) is 0 Å². The lowest BCUT2D eigenvalue weighted by Crippen LogP contribution is -2.45. The maximum atomic E-state index is 6.37. The summed E-state index contributed by atoms with van der Waals surface area (Å²) in [5.41, 5.74) is 0. The molecule has 2 nitrogen and oxygen atoms in total. The van der Waals surface area contributed by atoms with Gasteiger partial charge in [0.2, 0.25) is 0 Å². The van der Waals surface area contributed by atoms with Crippen LogP contribution in [-0.4, -0.2) is 21.3 Å². The van der Waals surface area contributed by atoms with Crippen molar-refractivity contribution in [2.45, 2.75) is 72.6 Å². The molecule has 0 saturated carbocycles. The van der Waals surface area contributed by atoms with Crippen LogP contribution in [0, 0.1) is 5.92 Å². The third-order valence-corrected chi connectivity index (χ3v) is 6.78. The van der Waals surface area contributed by atoms with Gasteiger partial charge in [-0.05, 0) is 30.8 Å². The number of hydrogen-bond acceptors (Lipinski definition) is 2. The number of rotatable bonds is 9. The highest BCUT2D eigenvalue weighted by Gasteiger charge is 2.36. The Hall–Kier alpha value is 0.137. The Balaban J connectivity index is 4.50. The van der Waals surface area contributed by atoms with Crippen LogP contribution in [0.4, 0.5) is 0 Å². The van der Waals surface area contributed by atoms with Crippen molar-refractivity contribution in [1.82, 2.24) is 0 Å². The van der Waals surface area contributed by atoms with Gasteiger partial charge in [-0.3, -0.25) is 0 Å². The second-order valence-electron chi connectivity index (χ2n) is 4.77. The van der Waals surface area contributed by atoms with Gasteiger partial charge in [0, 0.05) is 12.7 Å². The lowest BCUT2D eigenvalue weighted by Gasteiger charge is -2.34. The molecule has 0 heterocycles. The zero-order chi connectivity index (χ0) is 12.6. The molecule has 0 radical (unpaired) electrons. The minimum atomic E-state index is -1.91. The molecule has 0 aromatic heterocycles. The maximum Gasteiger partial charge on any atom is 0.337 e. The van der Waals surface area contributed by atoms with Gasteiger partial charge in [0.15, 0.2) is 0 Å². The van der Waals surface area contributed by atoms with Crippen LogP contribution in [0.2, 0.25) is 12.1 Å². The summed E-state index contributed by atoms with van der Waals surface area (Å²) in [5, 5.41) is 0. The molecule has 1 unspecified atom stereocenters. The van der Waals surface area contributed by atoms with Crippen LogP contribution in [0.5, 0.6) is 0 Å². The van der Waals surface area contributed by atoms with Crippen molar-refractivity contribution in [3.8, 4) is 0 Å². The molecule has 0 spiro atoms. The summed E-state index contributed by atoms with van der Waals surface area (Å²) >= 11 is 0. The highest BCUT2D eigenvalue weighted by atomic mass is 28.4. The predicted molar refractivity (Wildman–Crippen MR) is 73.0 cm³/mol. The zero-order valence-electron chi connectivity index (χ0n) is 12.0. The van der Waals surface area contributed by atoms with Gasteiger partial charge in [-0.1, -0.05) is 41.5 Å². The van der Waals surface area contributed by atoms with E-state index >= 15 is 0 Å². The van der Waals surface area contributed by atoms with E-state index in [0.717, 1.165) is 31.5 Å².